The number of hydrogen-bond donors (Lipinski definition) is 2. The number of carbonyl (C=O) groups excluding carboxylic acids is 1. The second-order valence-electron chi connectivity index (χ2n) is 5.72. The summed E-state index contributed by atoms with van der Waals surface area (Å²) in [6.45, 7) is 4.47. The molecule has 1 aromatic rings. The molecule has 5 nitrogen and oxygen atoms in total. The van der Waals surface area contributed by atoms with Crippen molar-refractivity contribution in [3.8, 4) is 0 Å². The molecule has 1 aliphatic carbocycles. The first-order valence-electron chi connectivity index (χ1n) is 6.54. The number of esters is 1. The molecular weight excluding hydrogens is 242 g/mol. The highest BCUT2D eigenvalue weighted by atomic mass is 16.5. The van der Waals surface area contributed by atoms with E-state index in [1.807, 2.05) is 0 Å². The summed E-state index contributed by atoms with van der Waals surface area (Å²) < 4.78 is 4.79. The molecule has 1 fully saturated rings. The summed E-state index contributed by atoms with van der Waals surface area (Å²) in [7, 11) is 1.36. The lowest BCUT2D eigenvalue weighted by molar-refractivity contribution is 0.0601. The van der Waals surface area contributed by atoms with Crippen LogP contribution in [0.1, 0.15) is 43.5 Å². The quantitative estimate of drug-likeness (QED) is 0.819. The van der Waals surface area contributed by atoms with Gasteiger partial charge in [-0.3, -0.25) is 0 Å². The maximum Gasteiger partial charge on any atom is 0.340 e. The van der Waals surface area contributed by atoms with Crippen LogP contribution in [0.3, 0.4) is 0 Å². The van der Waals surface area contributed by atoms with E-state index in [2.05, 4.69) is 24.1 Å². The first kappa shape index (κ1) is 13.6. The average Bonchev–Trinajstić information content (AvgIpc) is 2.70. The molecule has 0 saturated heterocycles. The zero-order valence-corrected chi connectivity index (χ0v) is 11.7. The van der Waals surface area contributed by atoms with E-state index >= 15 is 0 Å². The average molecular weight is 263 g/mol. The SMILES string of the molecule is COC(=O)c1cc(N)ncc1NC1CCCC1(C)C. The van der Waals surface area contributed by atoms with Gasteiger partial charge in [-0.05, 0) is 24.3 Å². The molecule has 1 saturated carbocycles. The summed E-state index contributed by atoms with van der Waals surface area (Å²) in [4.78, 5) is 15.8. The minimum atomic E-state index is -0.396. The van der Waals surface area contributed by atoms with E-state index in [4.69, 9.17) is 10.5 Å². The highest BCUT2D eigenvalue weighted by molar-refractivity contribution is 5.96. The van der Waals surface area contributed by atoms with Gasteiger partial charge in [0.15, 0.2) is 0 Å². The van der Waals surface area contributed by atoms with E-state index in [0.29, 0.717) is 23.1 Å². The largest absolute Gasteiger partial charge is 0.465 e. The number of nitrogens with zero attached hydrogens (tertiary/aromatic N) is 1. The topological polar surface area (TPSA) is 77.2 Å². The molecule has 1 aromatic heterocycles. The van der Waals surface area contributed by atoms with E-state index in [1.54, 1.807) is 12.3 Å². The summed E-state index contributed by atoms with van der Waals surface area (Å²) in [6.07, 6.45) is 5.08. The molecule has 1 unspecified atom stereocenters. The summed E-state index contributed by atoms with van der Waals surface area (Å²) in [6, 6.07) is 1.89. The Kier molecular flexibility index (Phi) is 3.64. The molecule has 5 heteroatoms. The Bertz CT molecular complexity index is 486. The molecule has 104 valence electrons. The van der Waals surface area contributed by atoms with Gasteiger partial charge in [-0.15, -0.1) is 0 Å². The number of methoxy groups -OCH3 is 1. The third kappa shape index (κ3) is 2.80. The van der Waals surface area contributed by atoms with Crippen LogP contribution in [-0.2, 0) is 4.74 Å². The van der Waals surface area contributed by atoms with Crippen molar-refractivity contribution in [3.05, 3.63) is 17.8 Å². The van der Waals surface area contributed by atoms with Crippen LogP contribution in [0.4, 0.5) is 11.5 Å². The Balaban J connectivity index is 2.27. The lowest BCUT2D eigenvalue weighted by atomic mass is 9.87. The van der Waals surface area contributed by atoms with Gasteiger partial charge in [0.05, 0.1) is 24.6 Å². The van der Waals surface area contributed by atoms with Crippen LogP contribution in [-0.4, -0.2) is 24.1 Å². The number of ether oxygens (including phenoxy) is 1. The minimum absolute atomic E-state index is 0.217. The van der Waals surface area contributed by atoms with Crippen molar-refractivity contribution in [3.63, 3.8) is 0 Å². The van der Waals surface area contributed by atoms with Crippen LogP contribution < -0.4 is 11.1 Å². The van der Waals surface area contributed by atoms with E-state index < -0.39 is 5.97 Å². The molecule has 19 heavy (non-hydrogen) atoms. The third-order valence-electron chi connectivity index (χ3n) is 3.92. The molecular formula is C14H21N3O2. The van der Waals surface area contributed by atoms with Crippen molar-refractivity contribution in [2.45, 2.75) is 39.2 Å². The van der Waals surface area contributed by atoms with Crippen LogP contribution in [0.5, 0.6) is 0 Å². The van der Waals surface area contributed by atoms with E-state index in [9.17, 15) is 4.79 Å². The van der Waals surface area contributed by atoms with Crippen molar-refractivity contribution in [2.75, 3.05) is 18.2 Å². The predicted molar refractivity (Wildman–Crippen MR) is 75.0 cm³/mol. The number of anilines is 2. The summed E-state index contributed by atoms with van der Waals surface area (Å²) in [5, 5.41) is 3.42. The number of hydrogen-bond acceptors (Lipinski definition) is 5. The molecule has 3 N–H and O–H groups in total. The smallest absolute Gasteiger partial charge is 0.340 e. The summed E-state index contributed by atoms with van der Waals surface area (Å²) >= 11 is 0. The molecule has 1 heterocycles. The maximum atomic E-state index is 11.8. The van der Waals surface area contributed by atoms with E-state index in [1.165, 1.54) is 20.0 Å². The summed E-state index contributed by atoms with van der Waals surface area (Å²) in [5.41, 5.74) is 6.99. The predicted octanol–water partition coefficient (Wildman–Crippen LogP) is 2.44. The Morgan fingerprint density at radius 1 is 1.58 bits per heavy atom. The first-order chi connectivity index (χ1) is 8.94. The third-order valence-corrected chi connectivity index (χ3v) is 3.92. The number of nitrogens with two attached hydrogens (primary N) is 1. The monoisotopic (exact) mass is 263 g/mol. The van der Waals surface area contributed by atoms with Crippen LogP contribution in [0.15, 0.2) is 12.3 Å². The van der Waals surface area contributed by atoms with Gasteiger partial charge in [0.2, 0.25) is 0 Å². The Morgan fingerprint density at radius 3 is 2.89 bits per heavy atom. The highest BCUT2D eigenvalue weighted by Crippen LogP contribution is 2.39. The second kappa shape index (κ2) is 5.07. The molecule has 0 radical (unpaired) electrons. The molecule has 0 aliphatic heterocycles. The van der Waals surface area contributed by atoms with Crippen molar-refractivity contribution in [1.82, 2.24) is 4.98 Å². The fraction of sp³-hybridized carbons (Fsp3) is 0.571. The van der Waals surface area contributed by atoms with Crippen molar-refractivity contribution >= 4 is 17.5 Å². The van der Waals surface area contributed by atoms with Crippen LogP contribution in [0, 0.1) is 5.41 Å². The van der Waals surface area contributed by atoms with E-state index in [0.717, 1.165) is 6.42 Å². The van der Waals surface area contributed by atoms with Crippen LogP contribution in [0.25, 0.3) is 0 Å². The van der Waals surface area contributed by atoms with Gasteiger partial charge in [0.25, 0.3) is 0 Å². The molecule has 1 atom stereocenters. The first-order valence-corrected chi connectivity index (χ1v) is 6.54. The zero-order chi connectivity index (χ0) is 14.0. The standard InChI is InChI=1S/C14H21N3O2/c1-14(2)6-4-5-11(14)17-10-8-16-12(15)7-9(10)13(18)19-3/h7-8,11,17H,4-6H2,1-3H3,(H2,15,16). The fourth-order valence-corrected chi connectivity index (χ4v) is 2.65. The van der Waals surface area contributed by atoms with Crippen molar-refractivity contribution in [1.29, 1.82) is 0 Å². The molecule has 0 bridgehead atoms. The van der Waals surface area contributed by atoms with Crippen molar-refractivity contribution in [2.24, 2.45) is 5.41 Å². The van der Waals surface area contributed by atoms with Crippen LogP contribution in [0.2, 0.25) is 0 Å². The normalized spacial score (nSPS) is 21.1. The number of pyridine rings is 1. The molecule has 0 aromatic carbocycles. The number of rotatable bonds is 3. The maximum absolute atomic E-state index is 11.8. The van der Waals surface area contributed by atoms with Gasteiger partial charge >= 0.3 is 5.97 Å². The van der Waals surface area contributed by atoms with E-state index in [-0.39, 0.29) is 5.41 Å². The molecule has 1 aliphatic rings. The van der Waals surface area contributed by atoms with Gasteiger partial charge in [-0.1, -0.05) is 20.3 Å². The number of carbonyl (C=O) groups is 1. The lowest BCUT2D eigenvalue weighted by Gasteiger charge is -2.29. The Labute approximate surface area is 113 Å². The minimum Gasteiger partial charge on any atom is -0.465 e. The Hall–Kier alpha value is -1.78. The highest BCUT2D eigenvalue weighted by Gasteiger charge is 2.35. The molecule has 2 rings (SSSR count). The van der Waals surface area contributed by atoms with Gasteiger partial charge in [-0.2, -0.15) is 0 Å². The lowest BCUT2D eigenvalue weighted by Crippen LogP contribution is -2.31. The zero-order valence-electron chi connectivity index (χ0n) is 11.7. The van der Waals surface area contributed by atoms with Gasteiger partial charge in [0, 0.05) is 6.04 Å². The number of nitrogens with one attached hydrogen (secondary N) is 1. The second-order valence-corrected chi connectivity index (χ2v) is 5.72. The fourth-order valence-electron chi connectivity index (χ4n) is 2.65. The van der Waals surface area contributed by atoms with Gasteiger partial charge < -0.3 is 15.8 Å². The van der Waals surface area contributed by atoms with Gasteiger partial charge in [0.1, 0.15) is 5.82 Å². The number of nitrogen functional groups attached to an aromatic ring is 1. The molecule has 0 spiro atoms. The Morgan fingerprint density at radius 2 is 2.32 bits per heavy atom. The van der Waals surface area contributed by atoms with Crippen LogP contribution >= 0.6 is 0 Å². The summed E-state index contributed by atoms with van der Waals surface area (Å²) in [5.74, 6) is -0.0796. The molecule has 0 amide bonds. The van der Waals surface area contributed by atoms with Gasteiger partial charge in [-0.25, -0.2) is 9.78 Å². The number of aromatic nitrogens is 1. The van der Waals surface area contributed by atoms with Crippen molar-refractivity contribution < 1.29 is 9.53 Å².